The van der Waals surface area contributed by atoms with Crippen molar-refractivity contribution in [2.45, 2.75) is 13.5 Å². The first kappa shape index (κ1) is 12.5. The van der Waals surface area contributed by atoms with Gasteiger partial charge in [0.05, 0.1) is 29.0 Å². The molecule has 94 valence electrons. The Hall–Kier alpha value is -1.92. The largest absolute Gasteiger partial charge is 0.346 e. The maximum absolute atomic E-state index is 12.0. The molecule has 4 N–H and O–H groups in total. The van der Waals surface area contributed by atoms with Gasteiger partial charge < -0.3 is 10.7 Å². The first-order valence-electron chi connectivity index (χ1n) is 5.43. The summed E-state index contributed by atoms with van der Waals surface area (Å²) in [5.74, 6) is 5.22. The zero-order chi connectivity index (χ0) is 13.0. The van der Waals surface area contributed by atoms with Crippen LogP contribution in [0.1, 0.15) is 21.6 Å². The number of hydrogen-bond donors (Lipinski definition) is 3. The van der Waals surface area contributed by atoms with Gasteiger partial charge in [0.1, 0.15) is 0 Å². The summed E-state index contributed by atoms with van der Waals surface area (Å²) in [6.07, 6.45) is 0. The second-order valence-corrected chi connectivity index (χ2v) is 4.57. The maximum atomic E-state index is 12.0. The molecule has 0 aliphatic carbocycles. The van der Waals surface area contributed by atoms with Crippen LogP contribution in [0.2, 0.25) is 0 Å². The van der Waals surface area contributed by atoms with Crippen LogP contribution >= 0.6 is 11.3 Å². The molecule has 1 aromatic heterocycles. The van der Waals surface area contributed by atoms with Crippen molar-refractivity contribution in [3.05, 3.63) is 45.9 Å². The number of nitrogen functional groups attached to an aromatic ring is 1. The molecule has 2 aromatic rings. The standard InChI is InChI=1S/C12H14N4OS/c1-8-2-3-11(16-13)10(4-8)12(17)14-5-9-6-18-7-15-9/h2-4,6-7,16H,5,13H2,1H3,(H,14,17). The minimum atomic E-state index is -0.167. The number of aryl methyl sites for hydroxylation is 1. The molecule has 0 aliphatic rings. The van der Waals surface area contributed by atoms with Crippen LogP contribution in [0.25, 0.3) is 0 Å². The Bertz CT molecular complexity index is 539. The molecular weight excluding hydrogens is 248 g/mol. The van der Waals surface area contributed by atoms with Crippen molar-refractivity contribution in [1.29, 1.82) is 0 Å². The van der Waals surface area contributed by atoms with E-state index in [9.17, 15) is 4.79 Å². The summed E-state index contributed by atoms with van der Waals surface area (Å²) >= 11 is 1.50. The van der Waals surface area contributed by atoms with Crippen molar-refractivity contribution in [2.24, 2.45) is 5.84 Å². The molecule has 0 radical (unpaired) electrons. The molecule has 0 bridgehead atoms. The van der Waals surface area contributed by atoms with Crippen molar-refractivity contribution in [2.75, 3.05) is 5.43 Å². The first-order valence-corrected chi connectivity index (χ1v) is 6.37. The van der Waals surface area contributed by atoms with Crippen LogP contribution in [-0.2, 0) is 6.54 Å². The van der Waals surface area contributed by atoms with Crippen LogP contribution in [0.15, 0.2) is 29.1 Å². The smallest absolute Gasteiger partial charge is 0.253 e. The van der Waals surface area contributed by atoms with Gasteiger partial charge in [0.25, 0.3) is 5.91 Å². The van der Waals surface area contributed by atoms with Crippen molar-refractivity contribution in [1.82, 2.24) is 10.3 Å². The third-order valence-electron chi connectivity index (χ3n) is 2.49. The first-order chi connectivity index (χ1) is 8.70. The fourth-order valence-corrected chi connectivity index (χ4v) is 2.12. The SMILES string of the molecule is Cc1ccc(NN)c(C(=O)NCc2cscn2)c1. The number of benzene rings is 1. The summed E-state index contributed by atoms with van der Waals surface area (Å²) in [5, 5.41) is 4.71. The number of hydrogen-bond acceptors (Lipinski definition) is 5. The van der Waals surface area contributed by atoms with Crippen LogP contribution in [0, 0.1) is 6.92 Å². The van der Waals surface area contributed by atoms with Gasteiger partial charge in [-0.1, -0.05) is 11.6 Å². The topological polar surface area (TPSA) is 80.0 Å². The van der Waals surface area contributed by atoms with Crippen molar-refractivity contribution >= 4 is 22.9 Å². The van der Waals surface area contributed by atoms with Gasteiger partial charge in [0.2, 0.25) is 0 Å². The van der Waals surface area contributed by atoms with E-state index in [0.29, 0.717) is 17.8 Å². The number of hydrazine groups is 1. The predicted molar refractivity (Wildman–Crippen MR) is 72.3 cm³/mol. The van der Waals surface area contributed by atoms with Gasteiger partial charge in [-0.25, -0.2) is 4.98 Å². The second-order valence-electron chi connectivity index (χ2n) is 3.86. The lowest BCUT2D eigenvalue weighted by Gasteiger charge is -2.09. The summed E-state index contributed by atoms with van der Waals surface area (Å²) < 4.78 is 0. The molecule has 5 nitrogen and oxygen atoms in total. The van der Waals surface area contributed by atoms with E-state index < -0.39 is 0 Å². The average molecular weight is 262 g/mol. The van der Waals surface area contributed by atoms with E-state index in [1.807, 2.05) is 18.4 Å². The molecule has 0 aliphatic heterocycles. The maximum Gasteiger partial charge on any atom is 0.253 e. The van der Waals surface area contributed by atoms with Crippen molar-refractivity contribution in [3.63, 3.8) is 0 Å². The van der Waals surface area contributed by atoms with E-state index in [4.69, 9.17) is 5.84 Å². The van der Waals surface area contributed by atoms with E-state index in [2.05, 4.69) is 15.7 Å². The van der Waals surface area contributed by atoms with Crippen LogP contribution in [0.3, 0.4) is 0 Å². The highest BCUT2D eigenvalue weighted by atomic mass is 32.1. The van der Waals surface area contributed by atoms with Gasteiger partial charge in [0.15, 0.2) is 0 Å². The van der Waals surface area contributed by atoms with E-state index in [0.717, 1.165) is 11.3 Å². The molecule has 6 heteroatoms. The zero-order valence-corrected chi connectivity index (χ0v) is 10.8. The molecule has 0 fully saturated rings. The summed E-state index contributed by atoms with van der Waals surface area (Å²) in [5.41, 5.74) is 7.26. The van der Waals surface area contributed by atoms with E-state index >= 15 is 0 Å². The lowest BCUT2D eigenvalue weighted by Crippen LogP contribution is -2.25. The molecule has 0 spiro atoms. The number of rotatable bonds is 4. The van der Waals surface area contributed by atoms with Crippen LogP contribution in [0.5, 0.6) is 0 Å². The number of thiazole rings is 1. The summed E-state index contributed by atoms with van der Waals surface area (Å²) in [6, 6.07) is 5.48. The van der Waals surface area contributed by atoms with Gasteiger partial charge in [-0.3, -0.25) is 10.6 Å². The van der Waals surface area contributed by atoms with Gasteiger partial charge in [-0.15, -0.1) is 11.3 Å². The summed E-state index contributed by atoms with van der Waals surface area (Å²) in [6.45, 7) is 2.35. The molecule has 0 atom stereocenters. The normalized spacial score (nSPS) is 10.1. The molecule has 18 heavy (non-hydrogen) atoms. The molecule has 1 aromatic carbocycles. The lowest BCUT2D eigenvalue weighted by atomic mass is 10.1. The fourth-order valence-electron chi connectivity index (χ4n) is 1.56. The second kappa shape index (κ2) is 5.61. The lowest BCUT2D eigenvalue weighted by molar-refractivity contribution is 0.0951. The van der Waals surface area contributed by atoms with E-state index in [-0.39, 0.29) is 5.91 Å². The number of nitrogens with one attached hydrogen (secondary N) is 2. The highest BCUT2D eigenvalue weighted by Gasteiger charge is 2.11. The predicted octanol–water partition coefficient (Wildman–Crippen LogP) is 1.67. The highest BCUT2D eigenvalue weighted by Crippen LogP contribution is 2.16. The van der Waals surface area contributed by atoms with Crippen LogP contribution in [-0.4, -0.2) is 10.9 Å². The molecule has 0 unspecified atom stereocenters. The van der Waals surface area contributed by atoms with E-state index in [1.165, 1.54) is 11.3 Å². The van der Waals surface area contributed by atoms with Gasteiger partial charge in [-0.05, 0) is 19.1 Å². The van der Waals surface area contributed by atoms with Crippen LogP contribution in [0.4, 0.5) is 5.69 Å². The third kappa shape index (κ3) is 2.85. The number of nitrogens with two attached hydrogens (primary N) is 1. The molecular formula is C12H14N4OS. The summed E-state index contributed by atoms with van der Waals surface area (Å²) in [4.78, 5) is 16.1. The van der Waals surface area contributed by atoms with Gasteiger partial charge >= 0.3 is 0 Å². The number of aromatic nitrogens is 1. The Kier molecular flexibility index (Phi) is 3.91. The Morgan fingerprint density at radius 1 is 1.50 bits per heavy atom. The molecule has 0 saturated carbocycles. The Morgan fingerprint density at radius 3 is 3.00 bits per heavy atom. The fraction of sp³-hybridized carbons (Fsp3) is 0.167. The minimum Gasteiger partial charge on any atom is -0.346 e. The summed E-state index contributed by atoms with van der Waals surface area (Å²) in [7, 11) is 0. The molecule has 1 amide bonds. The average Bonchev–Trinajstić information content (AvgIpc) is 2.89. The van der Waals surface area contributed by atoms with Gasteiger partial charge in [-0.2, -0.15) is 0 Å². The zero-order valence-electron chi connectivity index (χ0n) is 9.93. The van der Waals surface area contributed by atoms with E-state index in [1.54, 1.807) is 17.6 Å². The number of carbonyl (C=O) groups is 1. The molecule has 0 saturated heterocycles. The van der Waals surface area contributed by atoms with Crippen molar-refractivity contribution in [3.8, 4) is 0 Å². The quantitative estimate of drug-likeness (QED) is 0.578. The van der Waals surface area contributed by atoms with Crippen LogP contribution < -0.4 is 16.6 Å². The number of nitrogens with zero attached hydrogens (tertiary/aromatic N) is 1. The number of anilines is 1. The van der Waals surface area contributed by atoms with Crippen molar-refractivity contribution < 1.29 is 4.79 Å². The number of carbonyl (C=O) groups excluding carboxylic acids is 1. The number of amides is 1. The Labute approximate surface area is 109 Å². The monoisotopic (exact) mass is 262 g/mol. The minimum absolute atomic E-state index is 0.167. The molecule has 2 rings (SSSR count). The Balaban J connectivity index is 2.10. The third-order valence-corrected chi connectivity index (χ3v) is 3.12. The Morgan fingerprint density at radius 2 is 2.33 bits per heavy atom. The highest BCUT2D eigenvalue weighted by molar-refractivity contribution is 7.07. The van der Waals surface area contributed by atoms with Gasteiger partial charge in [0, 0.05) is 5.38 Å². The molecule has 1 heterocycles.